The smallest absolute Gasteiger partial charge is 0.364 e. The van der Waals surface area contributed by atoms with Crippen LogP contribution in [0.15, 0.2) is 24.3 Å². The summed E-state index contributed by atoms with van der Waals surface area (Å²) < 4.78 is 79.9. The van der Waals surface area contributed by atoms with Crippen LogP contribution in [0.4, 0.5) is 24.9 Å². The molecule has 4 atom stereocenters. The molecule has 1 saturated heterocycles. The number of benzene rings is 1. The van der Waals surface area contributed by atoms with Crippen LogP contribution in [-0.4, -0.2) is 78.3 Å². The molecule has 2 aliphatic rings. The van der Waals surface area contributed by atoms with E-state index in [-0.39, 0.29) is 30.0 Å². The second-order valence-electron chi connectivity index (χ2n) is 10.8. The second kappa shape index (κ2) is 12.0. The first-order chi connectivity index (χ1) is 19.7. The minimum atomic E-state index is -4.46. The standard InChI is InChI=1S/C26H32ClF3N6O4S2/c1-14-19(23-35-16-7-4-5-8-18(16)41-23)22(36-24(33-14)31-13-26(28,29)30)34-17-11-15(12-32-42(37,38)10-6-9-27)20-21(17)40-25(2,3)39-20/h4-5,7-8,15,17,20-21,32H,6,9-13H2,1-3H3,(H2,31,33,34,36)/t15-,17?,20-,21+/m1/s1. The van der Waals surface area contributed by atoms with Gasteiger partial charge in [0.1, 0.15) is 23.5 Å². The zero-order chi connectivity index (χ0) is 30.3. The lowest BCUT2D eigenvalue weighted by atomic mass is 10.1. The molecule has 3 N–H and O–H groups in total. The van der Waals surface area contributed by atoms with Gasteiger partial charge >= 0.3 is 6.18 Å². The maximum Gasteiger partial charge on any atom is 0.405 e. The molecular weight excluding hydrogens is 617 g/mol. The van der Waals surface area contributed by atoms with E-state index in [9.17, 15) is 21.6 Å². The number of aryl methyl sites for hydroxylation is 1. The van der Waals surface area contributed by atoms with Gasteiger partial charge in [0.05, 0.1) is 39.4 Å². The second-order valence-corrected chi connectivity index (χ2v) is 14.2. The van der Waals surface area contributed by atoms with Crippen molar-refractivity contribution >= 4 is 54.9 Å². The van der Waals surface area contributed by atoms with E-state index < -0.39 is 46.8 Å². The molecule has 3 aromatic rings. The van der Waals surface area contributed by atoms with Gasteiger partial charge in [-0.05, 0) is 45.7 Å². The monoisotopic (exact) mass is 648 g/mol. The summed E-state index contributed by atoms with van der Waals surface area (Å²) >= 11 is 7.09. The van der Waals surface area contributed by atoms with Crippen LogP contribution in [-0.2, 0) is 19.5 Å². The molecule has 2 fully saturated rings. The first-order valence-electron chi connectivity index (χ1n) is 13.4. The summed E-state index contributed by atoms with van der Waals surface area (Å²) in [6.45, 7) is 4.10. The van der Waals surface area contributed by atoms with Gasteiger partial charge in [-0.2, -0.15) is 18.2 Å². The Morgan fingerprint density at radius 3 is 2.60 bits per heavy atom. The molecule has 42 heavy (non-hydrogen) atoms. The number of halogens is 4. The van der Waals surface area contributed by atoms with Crippen molar-refractivity contribution in [2.24, 2.45) is 5.92 Å². The molecule has 1 unspecified atom stereocenters. The van der Waals surface area contributed by atoms with Gasteiger partial charge in [0.25, 0.3) is 0 Å². The molecule has 16 heteroatoms. The highest BCUT2D eigenvalue weighted by atomic mass is 35.5. The Morgan fingerprint density at radius 1 is 1.14 bits per heavy atom. The zero-order valence-corrected chi connectivity index (χ0v) is 25.6. The van der Waals surface area contributed by atoms with Gasteiger partial charge < -0.3 is 20.1 Å². The maximum atomic E-state index is 13.0. The Morgan fingerprint density at radius 2 is 1.88 bits per heavy atom. The predicted molar refractivity (Wildman–Crippen MR) is 156 cm³/mol. The summed E-state index contributed by atoms with van der Waals surface area (Å²) in [6, 6.07) is 7.20. The van der Waals surface area contributed by atoms with E-state index >= 15 is 0 Å². The highest BCUT2D eigenvalue weighted by Gasteiger charge is 2.54. The van der Waals surface area contributed by atoms with Crippen molar-refractivity contribution in [3.8, 4) is 10.6 Å². The largest absolute Gasteiger partial charge is 0.405 e. The number of rotatable bonds is 11. The normalized spacial score (nSPS) is 23.8. The summed E-state index contributed by atoms with van der Waals surface area (Å²) in [5, 5.41) is 6.28. The Balaban J connectivity index is 1.46. The lowest BCUT2D eigenvalue weighted by Crippen LogP contribution is -2.36. The topological polar surface area (TPSA) is 127 Å². The third kappa shape index (κ3) is 7.25. The van der Waals surface area contributed by atoms with Crippen LogP contribution in [0.3, 0.4) is 0 Å². The zero-order valence-electron chi connectivity index (χ0n) is 23.2. The van der Waals surface area contributed by atoms with Gasteiger partial charge in [-0.15, -0.1) is 22.9 Å². The molecule has 3 heterocycles. The molecule has 0 bridgehead atoms. The molecule has 230 valence electrons. The van der Waals surface area contributed by atoms with Crippen LogP contribution in [0, 0.1) is 12.8 Å². The maximum absolute atomic E-state index is 13.0. The molecule has 1 aliphatic carbocycles. The van der Waals surface area contributed by atoms with E-state index in [0.29, 0.717) is 34.9 Å². The van der Waals surface area contributed by atoms with E-state index in [0.717, 1.165) is 10.2 Å². The van der Waals surface area contributed by atoms with E-state index in [1.54, 1.807) is 20.8 Å². The number of sulfonamides is 1. The summed E-state index contributed by atoms with van der Waals surface area (Å²) in [6.07, 6.45) is -4.57. The number of nitrogens with one attached hydrogen (secondary N) is 3. The van der Waals surface area contributed by atoms with Gasteiger partial charge in [-0.25, -0.2) is 23.1 Å². The minimum Gasteiger partial charge on any atom is -0.364 e. The molecule has 1 saturated carbocycles. The number of ether oxygens (including phenoxy) is 2. The van der Waals surface area contributed by atoms with Crippen molar-refractivity contribution in [3.63, 3.8) is 0 Å². The predicted octanol–water partition coefficient (Wildman–Crippen LogP) is 4.90. The number of hydrogen-bond acceptors (Lipinski definition) is 10. The number of para-hydroxylation sites is 1. The van der Waals surface area contributed by atoms with Crippen LogP contribution < -0.4 is 15.4 Å². The molecule has 2 aromatic heterocycles. The van der Waals surface area contributed by atoms with Gasteiger partial charge in [-0.3, -0.25) is 0 Å². The number of aromatic nitrogens is 3. The molecule has 0 amide bonds. The molecule has 10 nitrogen and oxygen atoms in total. The van der Waals surface area contributed by atoms with E-state index in [4.69, 9.17) is 26.1 Å². The van der Waals surface area contributed by atoms with E-state index in [1.165, 1.54) is 11.3 Å². The minimum absolute atomic E-state index is 0.0821. The summed E-state index contributed by atoms with van der Waals surface area (Å²) in [5.41, 5.74) is 1.78. The van der Waals surface area contributed by atoms with Crippen LogP contribution in [0.5, 0.6) is 0 Å². The molecule has 1 aromatic carbocycles. The van der Waals surface area contributed by atoms with Gasteiger partial charge in [0, 0.05) is 18.3 Å². The number of alkyl halides is 4. The molecule has 0 radical (unpaired) electrons. The summed E-state index contributed by atoms with van der Waals surface area (Å²) in [4.78, 5) is 13.5. The number of hydrogen-bond donors (Lipinski definition) is 3. The molecular formula is C26H32ClF3N6O4S2. The third-order valence-electron chi connectivity index (χ3n) is 7.06. The van der Waals surface area contributed by atoms with Gasteiger partial charge in [-0.1, -0.05) is 12.1 Å². The summed E-state index contributed by atoms with van der Waals surface area (Å²) in [7, 11) is -3.53. The Bertz CT molecular complexity index is 1500. The van der Waals surface area contributed by atoms with Crippen molar-refractivity contribution < 1.29 is 31.1 Å². The van der Waals surface area contributed by atoms with E-state index in [1.807, 2.05) is 24.3 Å². The van der Waals surface area contributed by atoms with Gasteiger partial charge in [0.15, 0.2) is 5.79 Å². The first-order valence-corrected chi connectivity index (χ1v) is 16.4. The summed E-state index contributed by atoms with van der Waals surface area (Å²) in [5.74, 6) is -0.882. The Kier molecular flexibility index (Phi) is 8.90. The van der Waals surface area contributed by atoms with Gasteiger partial charge in [0.2, 0.25) is 16.0 Å². The quantitative estimate of drug-likeness (QED) is 0.249. The van der Waals surface area contributed by atoms with Crippen LogP contribution in [0.1, 0.15) is 32.4 Å². The van der Waals surface area contributed by atoms with Crippen LogP contribution >= 0.6 is 22.9 Å². The first kappa shape index (κ1) is 31.1. The lowest BCUT2D eigenvalue weighted by molar-refractivity contribution is -0.156. The fourth-order valence-electron chi connectivity index (χ4n) is 5.33. The Hall–Kier alpha value is -2.30. The number of anilines is 2. The fourth-order valence-corrected chi connectivity index (χ4v) is 7.82. The SMILES string of the molecule is Cc1nc(NCC(F)(F)F)nc(NC2C[C@H](CNS(=O)(=O)CCCCl)[C@H]3OC(C)(C)O[C@@H]23)c1-c1nc2ccccc2s1. The highest BCUT2D eigenvalue weighted by Crippen LogP contribution is 2.44. The molecule has 5 rings (SSSR count). The average molecular weight is 649 g/mol. The highest BCUT2D eigenvalue weighted by molar-refractivity contribution is 7.89. The number of fused-ring (bicyclic) bond motifs is 2. The average Bonchev–Trinajstić information content (AvgIpc) is 3.55. The number of thiazole rings is 1. The Labute approximate surface area is 250 Å². The molecule has 1 aliphatic heterocycles. The van der Waals surface area contributed by atoms with Crippen molar-refractivity contribution in [3.05, 3.63) is 30.0 Å². The van der Waals surface area contributed by atoms with Crippen molar-refractivity contribution in [1.82, 2.24) is 19.7 Å². The molecule has 0 spiro atoms. The third-order valence-corrected chi connectivity index (χ3v) is 9.81. The van der Waals surface area contributed by atoms with Crippen molar-refractivity contribution in [2.45, 2.75) is 63.8 Å². The van der Waals surface area contributed by atoms with Crippen molar-refractivity contribution in [1.29, 1.82) is 0 Å². The van der Waals surface area contributed by atoms with Crippen LogP contribution in [0.2, 0.25) is 0 Å². The number of nitrogens with zero attached hydrogens (tertiary/aromatic N) is 3. The van der Waals surface area contributed by atoms with Crippen LogP contribution in [0.25, 0.3) is 20.8 Å². The van der Waals surface area contributed by atoms with E-state index in [2.05, 4.69) is 25.3 Å². The van der Waals surface area contributed by atoms with Crippen molar-refractivity contribution in [2.75, 3.05) is 35.4 Å². The lowest BCUT2D eigenvalue weighted by Gasteiger charge is -2.25. The fraction of sp³-hybridized carbons (Fsp3) is 0.577.